The first-order valence-corrected chi connectivity index (χ1v) is 10.4. The first kappa shape index (κ1) is 26.8. The van der Waals surface area contributed by atoms with E-state index in [0.717, 1.165) is 5.43 Å². The van der Waals surface area contributed by atoms with Crippen LogP contribution in [0.25, 0.3) is 0 Å². The number of rotatable bonds is 5. The second kappa shape index (κ2) is 9.34. The van der Waals surface area contributed by atoms with Gasteiger partial charge >= 0.3 is 23.9 Å². The number of nitrogens with zero attached hydrogens (tertiary/aromatic N) is 1. The summed E-state index contributed by atoms with van der Waals surface area (Å²) in [5, 5.41) is 6.32. The molecule has 0 bridgehead atoms. The van der Waals surface area contributed by atoms with Gasteiger partial charge in [-0.3, -0.25) is 9.59 Å². The van der Waals surface area contributed by atoms with E-state index in [1.807, 2.05) is 0 Å². The highest BCUT2D eigenvalue weighted by molar-refractivity contribution is 6.35. The average Bonchev–Trinajstić information content (AvgIpc) is 3.07. The summed E-state index contributed by atoms with van der Waals surface area (Å²) in [6, 6.07) is 4.24. The molecule has 2 aromatic rings. The van der Waals surface area contributed by atoms with Crippen LogP contribution in [-0.2, 0) is 11.2 Å². The highest BCUT2D eigenvalue weighted by atomic mass is 35.5. The molecule has 1 aromatic carbocycles. The third-order valence-electron chi connectivity index (χ3n) is 4.98. The summed E-state index contributed by atoms with van der Waals surface area (Å²) in [5.41, 5.74) is 1.47. The molecule has 0 saturated heterocycles. The maximum atomic E-state index is 13.6. The fourth-order valence-corrected chi connectivity index (χ4v) is 3.85. The Labute approximate surface area is 202 Å². The molecule has 0 saturated carbocycles. The molecule has 1 aliphatic rings. The van der Waals surface area contributed by atoms with Crippen LogP contribution in [0.2, 0.25) is 10.0 Å². The zero-order valence-electron chi connectivity index (χ0n) is 17.4. The molecular weight excluding hydrogens is 534 g/mol. The SMILES string of the molecule is Cc1c(C(=O)Nc2cc(Cl)cc(Cl)c2)oc2c1/C(=N/NC(=O)C(F)(F)C(F)(F)C(F)(F)F)CCC2. The number of halogens is 9. The normalized spacial score (nSPS) is 15.7. The Bertz CT molecular complexity index is 1190. The fraction of sp³-hybridized carbons (Fsp3) is 0.350. The van der Waals surface area contributed by atoms with Crippen molar-refractivity contribution in [2.24, 2.45) is 5.10 Å². The van der Waals surface area contributed by atoms with Gasteiger partial charge in [0.1, 0.15) is 5.76 Å². The minimum Gasteiger partial charge on any atom is -0.455 e. The van der Waals surface area contributed by atoms with Gasteiger partial charge in [-0.15, -0.1) is 0 Å². The fourth-order valence-electron chi connectivity index (χ4n) is 3.32. The molecule has 0 atom stereocenters. The predicted molar refractivity (Wildman–Crippen MR) is 111 cm³/mol. The number of benzene rings is 1. The van der Waals surface area contributed by atoms with Crippen LogP contribution >= 0.6 is 23.2 Å². The van der Waals surface area contributed by atoms with Gasteiger partial charge in [0.05, 0.1) is 5.71 Å². The van der Waals surface area contributed by atoms with Gasteiger partial charge < -0.3 is 9.73 Å². The monoisotopic (exact) mass is 547 g/mol. The minimum absolute atomic E-state index is 0.0276. The van der Waals surface area contributed by atoms with Crippen molar-refractivity contribution >= 4 is 46.4 Å². The van der Waals surface area contributed by atoms with Crippen LogP contribution in [0.15, 0.2) is 27.7 Å². The number of hydrazone groups is 1. The van der Waals surface area contributed by atoms with E-state index in [2.05, 4.69) is 10.4 Å². The van der Waals surface area contributed by atoms with E-state index in [1.165, 1.54) is 25.1 Å². The van der Waals surface area contributed by atoms with Crippen LogP contribution in [0.1, 0.15) is 40.3 Å². The lowest BCUT2D eigenvalue weighted by atomic mass is 9.93. The zero-order valence-corrected chi connectivity index (χ0v) is 18.9. The molecule has 0 fully saturated rings. The van der Waals surface area contributed by atoms with E-state index in [9.17, 15) is 40.3 Å². The smallest absolute Gasteiger partial charge is 0.455 e. The molecular formula is C20H14Cl2F7N3O3. The van der Waals surface area contributed by atoms with Crippen molar-refractivity contribution in [1.29, 1.82) is 0 Å². The number of aryl methyl sites for hydroxylation is 1. The molecule has 3 rings (SSSR count). The zero-order chi connectivity index (χ0) is 26.3. The summed E-state index contributed by atoms with van der Waals surface area (Å²) >= 11 is 11.8. The predicted octanol–water partition coefficient (Wildman–Crippen LogP) is 6.14. The summed E-state index contributed by atoms with van der Waals surface area (Å²) in [6.07, 6.45) is -6.06. The first-order chi connectivity index (χ1) is 16.1. The van der Waals surface area contributed by atoms with Gasteiger partial charge in [-0.2, -0.15) is 35.8 Å². The molecule has 1 aromatic heterocycles. The van der Waals surface area contributed by atoms with Crippen molar-refractivity contribution in [2.75, 3.05) is 5.32 Å². The Hall–Kier alpha value is -2.80. The molecule has 2 N–H and O–H groups in total. The molecule has 0 unspecified atom stereocenters. The Morgan fingerprint density at radius 3 is 2.17 bits per heavy atom. The average molecular weight is 548 g/mol. The molecule has 2 amide bonds. The number of nitrogens with one attached hydrogen (secondary N) is 2. The van der Waals surface area contributed by atoms with Crippen LogP contribution in [0.5, 0.6) is 0 Å². The largest absolute Gasteiger partial charge is 0.460 e. The van der Waals surface area contributed by atoms with Crippen LogP contribution in [0.4, 0.5) is 36.4 Å². The number of carbonyl (C=O) groups excluding carboxylic acids is 2. The van der Waals surface area contributed by atoms with Gasteiger partial charge in [0.25, 0.3) is 5.91 Å². The molecule has 35 heavy (non-hydrogen) atoms. The molecule has 1 heterocycles. The number of carbonyl (C=O) groups is 2. The maximum Gasteiger partial charge on any atom is 0.460 e. The van der Waals surface area contributed by atoms with Crippen LogP contribution in [0, 0.1) is 6.92 Å². The lowest BCUT2D eigenvalue weighted by Gasteiger charge is -2.26. The van der Waals surface area contributed by atoms with Crippen LogP contribution < -0.4 is 10.7 Å². The summed E-state index contributed by atoms with van der Waals surface area (Å²) in [4.78, 5) is 24.2. The number of hydrogen-bond acceptors (Lipinski definition) is 4. The van der Waals surface area contributed by atoms with Gasteiger partial charge in [0.2, 0.25) is 0 Å². The molecule has 0 radical (unpaired) electrons. The summed E-state index contributed by atoms with van der Waals surface area (Å²) in [5.74, 6) is -16.5. The van der Waals surface area contributed by atoms with Crippen molar-refractivity contribution in [2.45, 2.75) is 44.2 Å². The third-order valence-corrected chi connectivity index (χ3v) is 5.42. The van der Waals surface area contributed by atoms with Gasteiger partial charge in [0, 0.05) is 33.3 Å². The second-order valence-electron chi connectivity index (χ2n) is 7.47. The number of fused-ring (bicyclic) bond motifs is 1. The van der Waals surface area contributed by atoms with E-state index >= 15 is 0 Å². The van der Waals surface area contributed by atoms with Crippen molar-refractivity contribution in [3.05, 3.63) is 50.9 Å². The van der Waals surface area contributed by atoms with Crippen LogP contribution in [0.3, 0.4) is 0 Å². The number of alkyl halides is 7. The Kier molecular flexibility index (Phi) is 7.15. The Morgan fingerprint density at radius 2 is 1.60 bits per heavy atom. The lowest BCUT2D eigenvalue weighted by molar-refractivity contribution is -0.344. The van der Waals surface area contributed by atoms with Gasteiger partial charge in [-0.25, -0.2) is 5.43 Å². The second-order valence-corrected chi connectivity index (χ2v) is 8.34. The molecule has 1 aliphatic carbocycles. The molecule has 15 heteroatoms. The number of amides is 2. The highest BCUT2D eigenvalue weighted by Crippen LogP contribution is 2.46. The molecule has 0 spiro atoms. The third kappa shape index (κ3) is 5.10. The van der Waals surface area contributed by atoms with E-state index in [4.69, 9.17) is 27.6 Å². The van der Waals surface area contributed by atoms with Crippen molar-refractivity contribution in [3.63, 3.8) is 0 Å². The highest BCUT2D eigenvalue weighted by Gasteiger charge is 2.76. The van der Waals surface area contributed by atoms with E-state index in [0.29, 0.717) is 6.42 Å². The van der Waals surface area contributed by atoms with E-state index in [1.54, 1.807) is 0 Å². The number of furan rings is 1. The van der Waals surface area contributed by atoms with Gasteiger partial charge in [-0.05, 0) is 38.0 Å². The first-order valence-electron chi connectivity index (χ1n) is 9.65. The molecule has 190 valence electrons. The number of hydrogen-bond donors (Lipinski definition) is 2. The number of anilines is 1. The molecule has 6 nitrogen and oxygen atoms in total. The van der Waals surface area contributed by atoms with Crippen molar-refractivity contribution < 1.29 is 44.7 Å². The Morgan fingerprint density at radius 1 is 1.00 bits per heavy atom. The standard InChI is InChI=1S/C20H14Cl2F7N3O3/c1-8-14-12(31-32-17(34)18(23,24)19(25,26)20(27,28)29)3-2-4-13(14)35-15(8)16(33)30-11-6-9(21)5-10(22)7-11/h5-7H,2-4H2,1H3,(H,30,33)(H,32,34)/b31-12+. The van der Waals surface area contributed by atoms with Crippen molar-refractivity contribution in [3.8, 4) is 0 Å². The van der Waals surface area contributed by atoms with Gasteiger partial charge in [-0.1, -0.05) is 23.2 Å². The van der Waals surface area contributed by atoms with E-state index < -0.39 is 29.8 Å². The Balaban J connectivity index is 1.86. The lowest BCUT2D eigenvalue weighted by Crippen LogP contribution is -2.58. The quantitative estimate of drug-likeness (QED) is 0.348. The summed E-state index contributed by atoms with van der Waals surface area (Å²) in [6.45, 7) is 1.41. The summed E-state index contributed by atoms with van der Waals surface area (Å²) in [7, 11) is 0. The maximum absolute atomic E-state index is 13.6. The topological polar surface area (TPSA) is 83.7 Å². The van der Waals surface area contributed by atoms with E-state index in [-0.39, 0.29) is 56.9 Å². The van der Waals surface area contributed by atoms with Gasteiger partial charge in [0.15, 0.2) is 5.76 Å². The molecule has 0 aliphatic heterocycles. The van der Waals surface area contributed by atoms with Crippen molar-refractivity contribution in [1.82, 2.24) is 5.43 Å². The van der Waals surface area contributed by atoms with Crippen LogP contribution in [-0.4, -0.2) is 35.5 Å². The summed E-state index contributed by atoms with van der Waals surface area (Å²) < 4.78 is 95.7. The minimum atomic E-state index is -6.67.